The minimum absolute atomic E-state index is 0.222. The molecule has 3 aliphatic rings. The Morgan fingerprint density at radius 3 is 2.33 bits per heavy atom. The monoisotopic (exact) mass is 293 g/mol. The molecule has 2 aliphatic carbocycles. The molecule has 1 aliphatic heterocycles. The fourth-order valence-corrected chi connectivity index (χ4v) is 4.96. The van der Waals surface area contributed by atoms with E-state index < -0.39 is 0 Å². The van der Waals surface area contributed by atoms with Crippen LogP contribution in [0.3, 0.4) is 0 Å². The molecule has 0 aromatic rings. The van der Waals surface area contributed by atoms with Crippen LogP contribution in [0.25, 0.3) is 0 Å². The van der Waals surface area contributed by atoms with Gasteiger partial charge in [-0.2, -0.15) is 0 Å². The van der Waals surface area contributed by atoms with Crippen molar-refractivity contribution in [2.45, 2.75) is 70.8 Å². The third-order valence-corrected chi connectivity index (χ3v) is 6.42. The average molecular weight is 293 g/mol. The molecule has 3 nitrogen and oxygen atoms in total. The fraction of sp³-hybridized carbons (Fsp3) is 0.944. The molecule has 1 N–H and O–H groups in total. The van der Waals surface area contributed by atoms with Crippen molar-refractivity contribution < 1.29 is 9.90 Å². The van der Waals surface area contributed by atoms with Crippen molar-refractivity contribution in [3.05, 3.63) is 0 Å². The summed E-state index contributed by atoms with van der Waals surface area (Å²) in [5.74, 6) is 2.86. The number of aliphatic hydroxyl groups is 1. The lowest BCUT2D eigenvalue weighted by Gasteiger charge is -2.41. The molecule has 120 valence electrons. The van der Waals surface area contributed by atoms with Crippen LogP contribution in [0.2, 0.25) is 0 Å². The second-order valence-corrected chi connectivity index (χ2v) is 7.72. The van der Waals surface area contributed by atoms with Crippen LogP contribution < -0.4 is 0 Å². The molecule has 1 saturated heterocycles. The standard InChI is InChI=1S/C18H31NO2/c1-13(20)14-8-10-19(11-9-14)18(21)17-7-6-15-4-2-3-5-16(15)12-17/h13-17,20H,2-12H2,1H3. The van der Waals surface area contributed by atoms with Gasteiger partial charge in [-0.15, -0.1) is 0 Å². The summed E-state index contributed by atoms with van der Waals surface area (Å²) in [5, 5.41) is 9.68. The number of fused-ring (bicyclic) bond motifs is 1. The molecule has 0 aromatic carbocycles. The summed E-state index contributed by atoms with van der Waals surface area (Å²) in [6.45, 7) is 3.60. The van der Waals surface area contributed by atoms with Crippen LogP contribution in [0.1, 0.15) is 64.7 Å². The predicted octanol–water partition coefficient (Wildman–Crippen LogP) is 3.21. The summed E-state index contributed by atoms with van der Waals surface area (Å²) < 4.78 is 0. The number of amides is 1. The number of piperidine rings is 1. The molecule has 0 bridgehead atoms. The van der Waals surface area contributed by atoms with Gasteiger partial charge in [0.25, 0.3) is 0 Å². The quantitative estimate of drug-likeness (QED) is 0.849. The minimum Gasteiger partial charge on any atom is -0.393 e. The van der Waals surface area contributed by atoms with Crippen LogP contribution in [-0.4, -0.2) is 35.1 Å². The summed E-state index contributed by atoms with van der Waals surface area (Å²) in [6, 6.07) is 0. The van der Waals surface area contributed by atoms with Gasteiger partial charge in [-0.25, -0.2) is 0 Å². The lowest BCUT2D eigenvalue weighted by atomic mass is 9.67. The summed E-state index contributed by atoms with van der Waals surface area (Å²) in [7, 11) is 0. The Labute approximate surface area is 129 Å². The van der Waals surface area contributed by atoms with Gasteiger partial charge in [-0.1, -0.05) is 25.7 Å². The third kappa shape index (κ3) is 3.44. The number of likely N-dealkylation sites (tertiary alicyclic amines) is 1. The van der Waals surface area contributed by atoms with E-state index in [-0.39, 0.29) is 6.10 Å². The largest absolute Gasteiger partial charge is 0.393 e. The molecule has 1 heterocycles. The number of rotatable bonds is 2. The van der Waals surface area contributed by atoms with Crippen LogP contribution in [0.5, 0.6) is 0 Å². The van der Waals surface area contributed by atoms with E-state index in [1.54, 1.807) is 0 Å². The van der Waals surface area contributed by atoms with E-state index in [9.17, 15) is 9.90 Å². The van der Waals surface area contributed by atoms with E-state index in [0.717, 1.165) is 50.6 Å². The Morgan fingerprint density at radius 2 is 1.67 bits per heavy atom. The molecule has 4 unspecified atom stereocenters. The third-order valence-electron chi connectivity index (χ3n) is 6.42. The molecule has 0 aromatic heterocycles. The van der Waals surface area contributed by atoms with Gasteiger partial charge in [0.15, 0.2) is 0 Å². The molecule has 3 fully saturated rings. The van der Waals surface area contributed by atoms with Crippen LogP contribution in [0, 0.1) is 23.7 Å². The van der Waals surface area contributed by atoms with Crippen molar-refractivity contribution in [2.75, 3.05) is 13.1 Å². The molecular formula is C18H31NO2. The van der Waals surface area contributed by atoms with Gasteiger partial charge in [0, 0.05) is 19.0 Å². The van der Waals surface area contributed by atoms with Gasteiger partial charge in [0.1, 0.15) is 0 Å². The molecule has 0 spiro atoms. The first kappa shape index (κ1) is 15.3. The highest BCUT2D eigenvalue weighted by Gasteiger charge is 2.37. The number of carbonyl (C=O) groups excluding carboxylic acids is 1. The highest BCUT2D eigenvalue weighted by molar-refractivity contribution is 5.79. The fourth-order valence-electron chi connectivity index (χ4n) is 4.96. The molecule has 3 rings (SSSR count). The minimum atomic E-state index is -0.222. The molecule has 1 amide bonds. The van der Waals surface area contributed by atoms with E-state index >= 15 is 0 Å². The number of hydrogen-bond acceptors (Lipinski definition) is 2. The Hall–Kier alpha value is -0.570. The first-order valence-corrected chi connectivity index (χ1v) is 9.12. The lowest BCUT2D eigenvalue weighted by Crippen LogP contribution is -2.45. The Bertz CT molecular complexity index is 360. The SMILES string of the molecule is CC(O)C1CCN(C(=O)C2CCC3CCCCC3C2)CC1. The maximum absolute atomic E-state index is 12.8. The highest BCUT2D eigenvalue weighted by Crippen LogP contribution is 2.43. The van der Waals surface area contributed by atoms with Crippen molar-refractivity contribution in [3.63, 3.8) is 0 Å². The molecule has 0 radical (unpaired) electrons. The Morgan fingerprint density at radius 1 is 1.00 bits per heavy atom. The molecule has 4 atom stereocenters. The van der Waals surface area contributed by atoms with E-state index in [1.165, 1.54) is 32.1 Å². The summed E-state index contributed by atoms with van der Waals surface area (Å²) in [5.41, 5.74) is 0. The zero-order valence-electron chi connectivity index (χ0n) is 13.5. The predicted molar refractivity (Wildman–Crippen MR) is 83.8 cm³/mol. The Balaban J connectivity index is 1.52. The summed E-state index contributed by atoms with van der Waals surface area (Å²) in [6.07, 6.45) is 10.8. The van der Waals surface area contributed by atoms with Gasteiger partial charge >= 0.3 is 0 Å². The summed E-state index contributed by atoms with van der Waals surface area (Å²) >= 11 is 0. The second kappa shape index (κ2) is 6.68. The van der Waals surface area contributed by atoms with E-state index in [2.05, 4.69) is 4.90 Å². The normalized spacial score (nSPS) is 36.1. The van der Waals surface area contributed by atoms with Crippen LogP contribution >= 0.6 is 0 Å². The van der Waals surface area contributed by atoms with Crippen LogP contribution in [0.15, 0.2) is 0 Å². The van der Waals surface area contributed by atoms with Crippen LogP contribution in [0.4, 0.5) is 0 Å². The van der Waals surface area contributed by atoms with Gasteiger partial charge in [-0.3, -0.25) is 4.79 Å². The van der Waals surface area contributed by atoms with E-state index in [0.29, 0.717) is 17.7 Å². The maximum Gasteiger partial charge on any atom is 0.225 e. The molecule has 2 saturated carbocycles. The molecular weight excluding hydrogens is 262 g/mol. The van der Waals surface area contributed by atoms with Crippen molar-refractivity contribution in [3.8, 4) is 0 Å². The lowest BCUT2D eigenvalue weighted by molar-refractivity contribution is -0.139. The first-order valence-electron chi connectivity index (χ1n) is 9.12. The maximum atomic E-state index is 12.8. The van der Waals surface area contributed by atoms with E-state index in [1.807, 2.05) is 6.92 Å². The van der Waals surface area contributed by atoms with Crippen molar-refractivity contribution in [1.29, 1.82) is 0 Å². The zero-order chi connectivity index (χ0) is 14.8. The average Bonchev–Trinajstić information content (AvgIpc) is 2.54. The first-order chi connectivity index (χ1) is 10.1. The number of hydrogen-bond donors (Lipinski definition) is 1. The van der Waals surface area contributed by atoms with Gasteiger partial charge in [0.2, 0.25) is 5.91 Å². The van der Waals surface area contributed by atoms with Gasteiger partial charge in [0.05, 0.1) is 6.10 Å². The zero-order valence-corrected chi connectivity index (χ0v) is 13.5. The number of carbonyl (C=O) groups is 1. The smallest absolute Gasteiger partial charge is 0.225 e. The van der Waals surface area contributed by atoms with E-state index in [4.69, 9.17) is 0 Å². The highest BCUT2D eigenvalue weighted by atomic mass is 16.3. The molecule has 21 heavy (non-hydrogen) atoms. The van der Waals surface area contributed by atoms with Crippen molar-refractivity contribution >= 4 is 5.91 Å². The number of aliphatic hydroxyl groups excluding tert-OH is 1. The molecule has 3 heteroatoms. The van der Waals surface area contributed by atoms with Crippen LogP contribution in [-0.2, 0) is 4.79 Å². The number of nitrogens with zero attached hydrogens (tertiary/aromatic N) is 1. The van der Waals surface area contributed by atoms with Crippen molar-refractivity contribution in [2.24, 2.45) is 23.7 Å². The van der Waals surface area contributed by atoms with Gasteiger partial charge < -0.3 is 10.0 Å². The summed E-state index contributed by atoms with van der Waals surface area (Å²) in [4.78, 5) is 14.9. The second-order valence-electron chi connectivity index (χ2n) is 7.72. The topological polar surface area (TPSA) is 40.5 Å². The van der Waals surface area contributed by atoms with Crippen molar-refractivity contribution in [1.82, 2.24) is 4.90 Å². The Kier molecular flexibility index (Phi) is 4.88. The van der Waals surface area contributed by atoms with Gasteiger partial charge in [-0.05, 0) is 56.8 Å².